The van der Waals surface area contributed by atoms with E-state index in [4.69, 9.17) is 10.5 Å². The lowest BCUT2D eigenvalue weighted by molar-refractivity contribution is 0.122. The van der Waals surface area contributed by atoms with Crippen LogP contribution in [0.5, 0.6) is 11.6 Å². The van der Waals surface area contributed by atoms with Crippen LogP contribution in [0, 0.1) is 5.82 Å². The zero-order valence-electron chi connectivity index (χ0n) is 14.3. The average molecular weight is 389 g/mol. The average Bonchev–Trinajstić information content (AvgIpc) is 3.27. The highest BCUT2D eigenvalue weighted by molar-refractivity contribution is 5.61. The lowest BCUT2D eigenvalue weighted by Gasteiger charge is -2.10. The van der Waals surface area contributed by atoms with Crippen molar-refractivity contribution in [1.82, 2.24) is 24.4 Å². The van der Waals surface area contributed by atoms with Gasteiger partial charge in [-0.2, -0.15) is 10.1 Å². The van der Waals surface area contributed by atoms with Crippen LogP contribution in [-0.4, -0.2) is 30.8 Å². The van der Waals surface area contributed by atoms with E-state index in [1.54, 1.807) is 18.3 Å². The Balaban J connectivity index is 1.65. The fourth-order valence-electron chi connectivity index (χ4n) is 2.54. The molecule has 0 fully saturated rings. The third-order valence-corrected chi connectivity index (χ3v) is 3.73. The molecule has 0 atom stereocenters. The second-order valence-corrected chi connectivity index (χ2v) is 5.84. The zero-order chi connectivity index (χ0) is 19.7. The number of fused-ring (bicyclic) bond motifs is 1. The van der Waals surface area contributed by atoms with Gasteiger partial charge < -0.3 is 15.8 Å². The van der Waals surface area contributed by atoms with Gasteiger partial charge in [0.1, 0.15) is 12.1 Å². The van der Waals surface area contributed by atoms with E-state index in [0.29, 0.717) is 16.9 Å². The maximum absolute atomic E-state index is 14.0. The van der Waals surface area contributed by atoms with Crippen molar-refractivity contribution in [3.63, 3.8) is 0 Å². The number of nitrogens with zero attached hydrogens (tertiary/aromatic N) is 5. The molecule has 0 unspecified atom stereocenters. The summed E-state index contributed by atoms with van der Waals surface area (Å²) >= 11 is 0. The van der Waals surface area contributed by atoms with Crippen LogP contribution in [0.4, 0.5) is 30.5 Å². The second kappa shape index (κ2) is 7.10. The maximum Gasteiger partial charge on any atom is 0.257 e. The van der Waals surface area contributed by atoms with E-state index in [0.717, 1.165) is 4.68 Å². The van der Waals surface area contributed by atoms with Crippen molar-refractivity contribution < 1.29 is 17.9 Å². The Morgan fingerprint density at radius 2 is 2.11 bits per heavy atom. The molecular weight excluding hydrogens is 375 g/mol. The molecule has 8 nitrogen and oxygen atoms in total. The normalized spacial score (nSPS) is 11.3. The van der Waals surface area contributed by atoms with Gasteiger partial charge in [0, 0.05) is 24.1 Å². The Hall–Kier alpha value is -3.76. The Labute approximate surface area is 156 Å². The summed E-state index contributed by atoms with van der Waals surface area (Å²) in [4.78, 5) is 4.25. The fraction of sp³-hybridized carbons (Fsp3) is 0.118. The number of anilines is 3. The van der Waals surface area contributed by atoms with Crippen molar-refractivity contribution in [3.05, 3.63) is 54.7 Å². The third kappa shape index (κ3) is 3.68. The van der Waals surface area contributed by atoms with Crippen LogP contribution in [0.25, 0.3) is 5.52 Å². The Morgan fingerprint density at radius 3 is 2.93 bits per heavy atom. The summed E-state index contributed by atoms with van der Waals surface area (Å²) in [6.07, 6.45) is 1.90. The summed E-state index contributed by atoms with van der Waals surface area (Å²) in [5, 5.41) is 10.9. The van der Waals surface area contributed by atoms with Gasteiger partial charge in [0.2, 0.25) is 11.8 Å². The summed E-state index contributed by atoms with van der Waals surface area (Å²) in [5.74, 6) is -0.482. The van der Waals surface area contributed by atoms with Gasteiger partial charge in [-0.05, 0) is 24.3 Å². The predicted octanol–water partition coefficient (Wildman–Crippen LogP) is 3.45. The third-order valence-electron chi connectivity index (χ3n) is 3.73. The highest BCUT2D eigenvalue weighted by Gasteiger charge is 2.14. The largest absolute Gasteiger partial charge is 0.434 e. The standard InChI is InChI=1S/C17H14F3N7O/c18-12-4-3-10(21)6-14(12)28-16-13-2-1-5-27(13)25-17(24-16)23-11-7-22-26(8-11)9-15(19)20/h1-8,15H,9,21H2,(H,23,25). The number of hydrogen-bond acceptors (Lipinski definition) is 6. The monoisotopic (exact) mass is 389 g/mol. The van der Waals surface area contributed by atoms with E-state index in [1.807, 2.05) is 0 Å². The van der Waals surface area contributed by atoms with E-state index in [2.05, 4.69) is 20.5 Å². The van der Waals surface area contributed by atoms with Crippen LogP contribution >= 0.6 is 0 Å². The smallest absolute Gasteiger partial charge is 0.257 e. The summed E-state index contributed by atoms with van der Waals surface area (Å²) in [6.45, 7) is -0.526. The topological polar surface area (TPSA) is 95.3 Å². The molecule has 28 heavy (non-hydrogen) atoms. The summed E-state index contributed by atoms with van der Waals surface area (Å²) in [6, 6.07) is 7.37. The van der Waals surface area contributed by atoms with E-state index < -0.39 is 18.8 Å². The molecule has 0 aliphatic heterocycles. The molecule has 3 heterocycles. The van der Waals surface area contributed by atoms with Crippen LogP contribution in [-0.2, 0) is 6.54 Å². The molecule has 0 saturated carbocycles. The molecular formula is C17H14F3N7O. The number of ether oxygens (including phenoxy) is 1. The summed E-state index contributed by atoms with van der Waals surface area (Å²) in [5.41, 5.74) is 6.93. The number of alkyl halides is 2. The summed E-state index contributed by atoms with van der Waals surface area (Å²) < 4.78 is 47.1. The Kier molecular flexibility index (Phi) is 4.47. The number of benzene rings is 1. The molecule has 0 aliphatic carbocycles. The molecule has 1 aromatic carbocycles. The Bertz CT molecular complexity index is 1130. The van der Waals surface area contributed by atoms with Crippen molar-refractivity contribution in [2.45, 2.75) is 13.0 Å². The molecule has 0 bridgehead atoms. The van der Waals surface area contributed by atoms with Gasteiger partial charge in [-0.15, -0.1) is 5.10 Å². The highest BCUT2D eigenvalue weighted by atomic mass is 19.3. The molecule has 0 aliphatic rings. The van der Waals surface area contributed by atoms with E-state index in [9.17, 15) is 13.2 Å². The Morgan fingerprint density at radius 1 is 1.25 bits per heavy atom. The SMILES string of the molecule is Nc1ccc(F)c(Oc2nc(Nc3cnn(CC(F)F)c3)nn3cccc23)c1. The van der Waals surface area contributed by atoms with E-state index in [-0.39, 0.29) is 17.6 Å². The van der Waals surface area contributed by atoms with Gasteiger partial charge >= 0.3 is 0 Å². The number of hydrogen-bond donors (Lipinski definition) is 2. The van der Waals surface area contributed by atoms with Crippen molar-refractivity contribution in [2.24, 2.45) is 0 Å². The quantitative estimate of drug-likeness (QED) is 0.491. The first kappa shape index (κ1) is 17.6. The molecule has 3 N–H and O–H groups in total. The van der Waals surface area contributed by atoms with Crippen LogP contribution in [0.1, 0.15) is 0 Å². The van der Waals surface area contributed by atoms with Crippen molar-refractivity contribution in [1.29, 1.82) is 0 Å². The maximum atomic E-state index is 14.0. The van der Waals surface area contributed by atoms with Gasteiger partial charge in [0.05, 0.1) is 11.9 Å². The van der Waals surface area contributed by atoms with Gasteiger partial charge in [-0.25, -0.2) is 17.7 Å². The van der Waals surface area contributed by atoms with Crippen LogP contribution in [0.15, 0.2) is 48.9 Å². The van der Waals surface area contributed by atoms with E-state index >= 15 is 0 Å². The number of nitrogens with one attached hydrogen (secondary N) is 1. The van der Waals surface area contributed by atoms with Crippen molar-refractivity contribution >= 4 is 22.8 Å². The van der Waals surface area contributed by atoms with Gasteiger partial charge in [-0.1, -0.05) is 0 Å². The minimum Gasteiger partial charge on any atom is -0.434 e. The van der Waals surface area contributed by atoms with Gasteiger partial charge in [-0.3, -0.25) is 4.68 Å². The lowest BCUT2D eigenvalue weighted by Crippen LogP contribution is -2.06. The second-order valence-electron chi connectivity index (χ2n) is 5.84. The molecule has 0 saturated heterocycles. The number of halogens is 3. The number of nitrogens with two attached hydrogens (primary N) is 1. The number of nitrogen functional groups attached to an aromatic ring is 1. The molecule has 4 aromatic rings. The fourth-order valence-corrected chi connectivity index (χ4v) is 2.54. The first-order chi connectivity index (χ1) is 13.5. The predicted molar refractivity (Wildman–Crippen MR) is 95.4 cm³/mol. The first-order valence-electron chi connectivity index (χ1n) is 8.14. The summed E-state index contributed by atoms with van der Waals surface area (Å²) in [7, 11) is 0. The first-order valence-corrected chi connectivity index (χ1v) is 8.14. The number of aromatic nitrogens is 5. The van der Waals surface area contributed by atoms with Crippen molar-refractivity contribution in [3.8, 4) is 11.6 Å². The van der Waals surface area contributed by atoms with Gasteiger partial charge in [0.25, 0.3) is 6.43 Å². The molecule has 4 rings (SSSR count). The van der Waals surface area contributed by atoms with Gasteiger partial charge in [0.15, 0.2) is 11.6 Å². The zero-order valence-corrected chi connectivity index (χ0v) is 14.3. The van der Waals surface area contributed by atoms with E-state index in [1.165, 1.54) is 35.1 Å². The molecule has 11 heteroatoms. The van der Waals surface area contributed by atoms with Crippen LogP contribution in [0.2, 0.25) is 0 Å². The molecule has 0 amide bonds. The molecule has 144 valence electrons. The number of rotatable bonds is 6. The van der Waals surface area contributed by atoms with Crippen molar-refractivity contribution in [2.75, 3.05) is 11.1 Å². The molecule has 0 radical (unpaired) electrons. The highest BCUT2D eigenvalue weighted by Crippen LogP contribution is 2.29. The van der Waals surface area contributed by atoms with Crippen LogP contribution < -0.4 is 15.8 Å². The van der Waals surface area contributed by atoms with Crippen LogP contribution in [0.3, 0.4) is 0 Å². The minimum atomic E-state index is -2.52. The molecule has 3 aromatic heterocycles. The minimum absolute atomic E-state index is 0.0856. The lowest BCUT2D eigenvalue weighted by atomic mass is 10.3. The molecule has 0 spiro atoms.